The van der Waals surface area contributed by atoms with E-state index in [1.54, 1.807) is 24.3 Å². The standard InChI is InChI=1S/C23H24ClN3O3/c1-15-8-9-21(16(2)11-15)30-14-22(28)27-10-4-7-20(27)23(29)26-19(13-25)17-5-3-6-18(24)12-17/h3,5-6,8-9,11-12,19-20H,4,7,10,14H2,1-2H3,(H,26,29)/t19?,20-/m0/s1. The second-order valence-electron chi connectivity index (χ2n) is 7.43. The van der Waals surface area contributed by atoms with E-state index in [9.17, 15) is 14.9 Å². The zero-order valence-corrected chi connectivity index (χ0v) is 17.8. The Morgan fingerprint density at radius 1 is 1.30 bits per heavy atom. The van der Waals surface area contributed by atoms with Gasteiger partial charge in [0.25, 0.3) is 5.91 Å². The molecule has 2 amide bonds. The summed E-state index contributed by atoms with van der Waals surface area (Å²) in [7, 11) is 0. The number of hydrogen-bond acceptors (Lipinski definition) is 4. The van der Waals surface area contributed by atoms with E-state index in [1.165, 1.54) is 4.90 Å². The van der Waals surface area contributed by atoms with E-state index in [1.807, 2.05) is 32.0 Å². The third kappa shape index (κ3) is 5.11. The minimum Gasteiger partial charge on any atom is -0.483 e. The summed E-state index contributed by atoms with van der Waals surface area (Å²) in [5.74, 6) is 0.0578. The third-order valence-electron chi connectivity index (χ3n) is 5.16. The number of likely N-dealkylation sites (tertiary alicyclic amines) is 1. The fraction of sp³-hybridized carbons (Fsp3) is 0.348. The first-order valence-electron chi connectivity index (χ1n) is 9.84. The van der Waals surface area contributed by atoms with Crippen LogP contribution in [0.5, 0.6) is 5.75 Å². The van der Waals surface area contributed by atoms with Gasteiger partial charge in [0, 0.05) is 11.6 Å². The van der Waals surface area contributed by atoms with E-state index in [0.717, 1.165) is 17.5 Å². The zero-order chi connectivity index (χ0) is 21.7. The number of rotatable bonds is 6. The molecule has 2 aromatic rings. The van der Waals surface area contributed by atoms with E-state index < -0.39 is 12.1 Å². The first kappa shape index (κ1) is 21.7. The van der Waals surface area contributed by atoms with Crippen molar-refractivity contribution in [2.75, 3.05) is 13.2 Å². The Hall–Kier alpha value is -3.04. The van der Waals surface area contributed by atoms with Crippen LogP contribution in [0.2, 0.25) is 5.02 Å². The van der Waals surface area contributed by atoms with Gasteiger partial charge in [-0.3, -0.25) is 9.59 Å². The molecule has 0 bridgehead atoms. The molecular formula is C23H24ClN3O3. The first-order valence-corrected chi connectivity index (χ1v) is 10.2. The van der Waals surface area contributed by atoms with Crippen molar-refractivity contribution in [2.24, 2.45) is 0 Å². The number of carbonyl (C=O) groups is 2. The van der Waals surface area contributed by atoms with Crippen molar-refractivity contribution in [3.63, 3.8) is 0 Å². The Bertz CT molecular complexity index is 986. The summed E-state index contributed by atoms with van der Waals surface area (Å²) in [6, 6.07) is 13.2. The van der Waals surface area contributed by atoms with E-state index in [2.05, 4.69) is 11.4 Å². The lowest BCUT2D eigenvalue weighted by Crippen LogP contribution is -2.48. The van der Waals surface area contributed by atoms with Gasteiger partial charge in [-0.15, -0.1) is 0 Å². The Labute approximate surface area is 181 Å². The molecular weight excluding hydrogens is 402 g/mol. The lowest BCUT2D eigenvalue weighted by atomic mass is 10.1. The number of nitrogens with one attached hydrogen (secondary N) is 1. The SMILES string of the molecule is Cc1ccc(OCC(=O)N2CCC[C@H]2C(=O)NC(C#N)c2cccc(Cl)c2)c(C)c1. The van der Waals surface area contributed by atoms with Gasteiger partial charge in [0.2, 0.25) is 5.91 Å². The molecule has 1 fully saturated rings. The number of ether oxygens (including phenoxy) is 1. The number of nitrogens with zero attached hydrogens (tertiary/aromatic N) is 2. The van der Waals surface area contributed by atoms with Crippen LogP contribution >= 0.6 is 11.6 Å². The third-order valence-corrected chi connectivity index (χ3v) is 5.39. The average Bonchev–Trinajstić information content (AvgIpc) is 3.21. The molecule has 0 aromatic heterocycles. The molecule has 1 N–H and O–H groups in total. The summed E-state index contributed by atoms with van der Waals surface area (Å²) >= 11 is 5.99. The van der Waals surface area contributed by atoms with Crippen LogP contribution in [-0.2, 0) is 9.59 Å². The van der Waals surface area contributed by atoms with E-state index in [4.69, 9.17) is 16.3 Å². The second-order valence-corrected chi connectivity index (χ2v) is 7.86. The van der Waals surface area contributed by atoms with Crippen LogP contribution in [0.15, 0.2) is 42.5 Å². The maximum atomic E-state index is 12.8. The van der Waals surface area contributed by atoms with Crippen LogP contribution in [-0.4, -0.2) is 35.9 Å². The minimum absolute atomic E-state index is 0.135. The highest BCUT2D eigenvalue weighted by Crippen LogP contribution is 2.23. The van der Waals surface area contributed by atoms with Crippen molar-refractivity contribution in [3.05, 3.63) is 64.2 Å². The molecule has 156 valence electrons. The van der Waals surface area contributed by atoms with Crippen LogP contribution in [0.25, 0.3) is 0 Å². The highest BCUT2D eigenvalue weighted by atomic mass is 35.5. The predicted molar refractivity (Wildman–Crippen MR) is 114 cm³/mol. The summed E-state index contributed by atoms with van der Waals surface area (Å²) in [5.41, 5.74) is 2.68. The predicted octanol–water partition coefficient (Wildman–Crippen LogP) is 3.71. The van der Waals surface area contributed by atoms with Gasteiger partial charge in [0.15, 0.2) is 6.61 Å². The molecule has 30 heavy (non-hydrogen) atoms. The van der Waals surface area contributed by atoms with Gasteiger partial charge in [-0.2, -0.15) is 5.26 Å². The molecule has 2 atom stereocenters. The molecule has 0 saturated carbocycles. The Kier molecular flexibility index (Phi) is 6.96. The summed E-state index contributed by atoms with van der Waals surface area (Å²) in [5, 5.41) is 12.7. The molecule has 1 heterocycles. The fourth-order valence-electron chi connectivity index (χ4n) is 3.64. The van der Waals surface area contributed by atoms with E-state index in [-0.39, 0.29) is 18.4 Å². The Balaban J connectivity index is 1.63. The van der Waals surface area contributed by atoms with Crippen LogP contribution in [0, 0.1) is 25.2 Å². The van der Waals surface area contributed by atoms with Gasteiger partial charge in [0.1, 0.15) is 17.8 Å². The quantitative estimate of drug-likeness (QED) is 0.764. The van der Waals surface area contributed by atoms with E-state index in [0.29, 0.717) is 29.3 Å². The van der Waals surface area contributed by atoms with Crippen LogP contribution in [0.3, 0.4) is 0 Å². The van der Waals surface area contributed by atoms with Gasteiger partial charge in [-0.25, -0.2) is 0 Å². The lowest BCUT2D eigenvalue weighted by molar-refractivity contribution is -0.140. The van der Waals surface area contributed by atoms with Crippen LogP contribution in [0.1, 0.15) is 35.6 Å². The second kappa shape index (κ2) is 9.64. The van der Waals surface area contributed by atoms with Crippen molar-refractivity contribution in [1.82, 2.24) is 10.2 Å². The number of aryl methyl sites for hydroxylation is 2. The monoisotopic (exact) mass is 425 g/mol. The summed E-state index contributed by atoms with van der Waals surface area (Å²) < 4.78 is 5.69. The minimum atomic E-state index is -0.833. The maximum absolute atomic E-state index is 12.8. The van der Waals surface area contributed by atoms with Crippen molar-refractivity contribution in [1.29, 1.82) is 5.26 Å². The molecule has 2 aromatic carbocycles. The number of halogens is 1. The molecule has 3 rings (SSSR count). The topological polar surface area (TPSA) is 82.4 Å². The zero-order valence-electron chi connectivity index (χ0n) is 17.0. The molecule has 7 heteroatoms. The highest BCUT2D eigenvalue weighted by molar-refractivity contribution is 6.30. The number of hydrogen-bond donors (Lipinski definition) is 1. The molecule has 6 nitrogen and oxygen atoms in total. The van der Waals surface area contributed by atoms with Crippen LogP contribution < -0.4 is 10.1 Å². The molecule has 0 spiro atoms. The molecule has 0 radical (unpaired) electrons. The number of benzene rings is 2. The number of carbonyl (C=O) groups excluding carboxylic acids is 2. The van der Waals surface area contributed by atoms with Gasteiger partial charge in [-0.1, -0.05) is 41.4 Å². The van der Waals surface area contributed by atoms with Crippen molar-refractivity contribution in [3.8, 4) is 11.8 Å². The molecule has 1 unspecified atom stereocenters. The van der Waals surface area contributed by atoms with E-state index >= 15 is 0 Å². The fourth-order valence-corrected chi connectivity index (χ4v) is 3.83. The van der Waals surface area contributed by atoms with Crippen molar-refractivity contribution >= 4 is 23.4 Å². The summed E-state index contributed by atoms with van der Waals surface area (Å²) in [4.78, 5) is 27.1. The smallest absolute Gasteiger partial charge is 0.261 e. The molecule has 1 aliphatic rings. The Morgan fingerprint density at radius 3 is 2.80 bits per heavy atom. The lowest BCUT2D eigenvalue weighted by Gasteiger charge is -2.25. The average molecular weight is 426 g/mol. The largest absolute Gasteiger partial charge is 0.483 e. The molecule has 0 aliphatic carbocycles. The maximum Gasteiger partial charge on any atom is 0.261 e. The molecule has 1 aliphatic heterocycles. The van der Waals surface area contributed by atoms with Gasteiger partial charge in [-0.05, 0) is 56.0 Å². The normalized spacial score (nSPS) is 16.6. The number of nitriles is 1. The van der Waals surface area contributed by atoms with Crippen molar-refractivity contribution < 1.29 is 14.3 Å². The highest BCUT2D eigenvalue weighted by Gasteiger charge is 2.35. The van der Waals surface area contributed by atoms with Crippen molar-refractivity contribution in [2.45, 2.75) is 38.8 Å². The van der Waals surface area contributed by atoms with Gasteiger partial charge in [0.05, 0.1) is 6.07 Å². The summed E-state index contributed by atoms with van der Waals surface area (Å²) in [6.07, 6.45) is 1.27. The number of amides is 2. The first-order chi connectivity index (χ1) is 14.4. The Morgan fingerprint density at radius 2 is 2.10 bits per heavy atom. The van der Waals surface area contributed by atoms with Crippen LogP contribution in [0.4, 0.5) is 0 Å². The van der Waals surface area contributed by atoms with Gasteiger partial charge >= 0.3 is 0 Å². The summed E-state index contributed by atoms with van der Waals surface area (Å²) in [6.45, 7) is 4.27. The molecule has 1 saturated heterocycles. The van der Waals surface area contributed by atoms with Gasteiger partial charge < -0.3 is 15.0 Å².